The van der Waals surface area contributed by atoms with Crippen molar-refractivity contribution in [3.05, 3.63) is 18.3 Å². The van der Waals surface area contributed by atoms with Gasteiger partial charge in [-0.25, -0.2) is 4.98 Å². The molecule has 3 rings (SSSR count). The van der Waals surface area contributed by atoms with Gasteiger partial charge in [-0.05, 0) is 37.8 Å². The van der Waals surface area contributed by atoms with Crippen LogP contribution in [0.1, 0.15) is 57.8 Å². The molecular weight excluding hydrogens is 272 g/mol. The Kier molecular flexibility index (Phi) is 5.54. The molecule has 3 N–H and O–H groups in total. The second-order valence-electron chi connectivity index (χ2n) is 6.89. The Bertz CT molecular complexity index is 446. The van der Waals surface area contributed by atoms with Crippen LogP contribution in [0.25, 0.3) is 0 Å². The van der Waals surface area contributed by atoms with E-state index in [1.54, 1.807) is 6.20 Å². The van der Waals surface area contributed by atoms with Gasteiger partial charge in [0.15, 0.2) is 0 Å². The molecule has 0 atom stereocenters. The molecule has 1 aromatic rings. The molecule has 0 spiro atoms. The van der Waals surface area contributed by atoms with E-state index in [9.17, 15) is 0 Å². The van der Waals surface area contributed by atoms with Gasteiger partial charge in [-0.2, -0.15) is 0 Å². The summed E-state index contributed by atoms with van der Waals surface area (Å²) in [5.74, 6) is 0.616. The summed E-state index contributed by atoms with van der Waals surface area (Å²) in [6.07, 6.45) is 14.2. The van der Waals surface area contributed by atoms with E-state index >= 15 is 0 Å². The van der Waals surface area contributed by atoms with Crippen molar-refractivity contribution in [2.75, 3.05) is 24.1 Å². The molecule has 122 valence electrons. The fourth-order valence-electron chi connectivity index (χ4n) is 3.97. The van der Waals surface area contributed by atoms with E-state index in [4.69, 9.17) is 5.73 Å². The number of nitrogens with zero attached hydrogens (tertiary/aromatic N) is 2. The van der Waals surface area contributed by atoms with Gasteiger partial charge >= 0.3 is 0 Å². The minimum atomic E-state index is 0.538. The van der Waals surface area contributed by atoms with Gasteiger partial charge in [-0.15, -0.1) is 0 Å². The molecule has 0 bridgehead atoms. The van der Waals surface area contributed by atoms with Gasteiger partial charge in [0, 0.05) is 31.4 Å². The average Bonchev–Trinajstić information content (AvgIpc) is 2.50. The Morgan fingerprint density at radius 1 is 1.00 bits per heavy atom. The molecule has 0 unspecified atom stereocenters. The van der Waals surface area contributed by atoms with Crippen LogP contribution in [0, 0.1) is 0 Å². The normalized spacial score (nSPS) is 22.9. The highest BCUT2D eigenvalue weighted by Crippen LogP contribution is 2.26. The Morgan fingerprint density at radius 2 is 1.68 bits per heavy atom. The highest BCUT2D eigenvalue weighted by Gasteiger charge is 2.25. The maximum atomic E-state index is 5.93. The molecule has 4 heteroatoms. The summed E-state index contributed by atoms with van der Waals surface area (Å²) in [4.78, 5) is 6.90. The zero-order valence-corrected chi connectivity index (χ0v) is 13.6. The van der Waals surface area contributed by atoms with Gasteiger partial charge in [0.05, 0.1) is 5.69 Å². The van der Waals surface area contributed by atoms with Crippen LogP contribution < -0.4 is 11.1 Å². The Hall–Kier alpha value is -1.29. The van der Waals surface area contributed by atoms with Gasteiger partial charge in [-0.1, -0.05) is 32.1 Å². The summed E-state index contributed by atoms with van der Waals surface area (Å²) in [6, 6.07) is 5.35. The molecule has 22 heavy (non-hydrogen) atoms. The molecule has 0 amide bonds. The summed E-state index contributed by atoms with van der Waals surface area (Å²) in [5, 5.41) is 3.58. The fourth-order valence-corrected chi connectivity index (χ4v) is 3.97. The first-order valence-electron chi connectivity index (χ1n) is 9.04. The van der Waals surface area contributed by atoms with Crippen molar-refractivity contribution in [1.82, 2.24) is 9.88 Å². The zero-order chi connectivity index (χ0) is 15.2. The smallest absolute Gasteiger partial charge is 0.146 e. The molecule has 1 saturated carbocycles. The van der Waals surface area contributed by atoms with E-state index in [2.05, 4.69) is 15.2 Å². The molecule has 4 nitrogen and oxygen atoms in total. The SMILES string of the molecule is Nc1ncccc1NC1CCN(C2CCCCCCC2)CC1. The van der Waals surface area contributed by atoms with Gasteiger partial charge in [0.1, 0.15) is 5.82 Å². The molecule has 2 aliphatic rings. The zero-order valence-electron chi connectivity index (χ0n) is 13.6. The van der Waals surface area contributed by atoms with E-state index in [-0.39, 0.29) is 0 Å². The van der Waals surface area contributed by atoms with Crippen molar-refractivity contribution >= 4 is 11.5 Å². The van der Waals surface area contributed by atoms with Crippen LogP contribution in [-0.4, -0.2) is 35.1 Å². The largest absolute Gasteiger partial charge is 0.382 e. The van der Waals surface area contributed by atoms with Crippen LogP contribution in [0.2, 0.25) is 0 Å². The first-order chi connectivity index (χ1) is 10.8. The predicted octanol–water partition coefficient (Wildman–Crippen LogP) is 3.65. The standard InChI is InChI=1S/C18H30N4/c19-18-17(9-6-12-20-18)21-15-10-13-22(14-11-15)16-7-4-2-1-3-5-8-16/h6,9,12,15-16,21H,1-5,7-8,10-11,13-14H2,(H2,19,20). The lowest BCUT2D eigenvalue weighted by Gasteiger charge is -2.39. The number of hydrogen-bond acceptors (Lipinski definition) is 4. The van der Waals surface area contributed by atoms with Crippen LogP contribution in [0.3, 0.4) is 0 Å². The number of pyridine rings is 1. The van der Waals surface area contributed by atoms with E-state index in [0.717, 1.165) is 11.7 Å². The lowest BCUT2D eigenvalue weighted by molar-refractivity contribution is 0.133. The first-order valence-corrected chi connectivity index (χ1v) is 9.04. The van der Waals surface area contributed by atoms with E-state index < -0.39 is 0 Å². The van der Waals surface area contributed by atoms with Gasteiger partial charge in [0.2, 0.25) is 0 Å². The van der Waals surface area contributed by atoms with Crippen LogP contribution in [0.5, 0.6) is 0 Å². The topological polar surface area (TPSA) is 54.2 Å². The average molecular weight is 302 g/mol. The lowest BCUT2D eigenvalue weighted by Crippen LogP contribution is -2.44. The molecule has 1 saturated heterocycles. The van der Waals surface area contributed by atoms with Crippen LogP contribution >= 0.6 is 0 Å². The summed E-state index contributed by atoms with van der Waals surface area (Å²) in [5.41, 5.74) is 6.92. The first kappa shape index (κ1) is 15.6. The van der Waals surface area contributed by atoms with Crippen molar-refractivity contribution in [3.63, 3.8) is 0 Å². The molecule has 1 aliphatic heterocycles. The highest BCUT2D eigenvalue weighted by atomic mass is 15.2. The summed E-state index contributed by atoms with van der Waals surface area (Å²) >= 11 is 0. The molecule has 0 aromatic carbocycles. The number of anilines is 2. The Balaban J connectivity index is 1.48. The minimum Gasteiger partial charge on any atom is -0.382 e. The lowest BCUT2D eigenvalue weighted by atomic mass is 9.93. The number of likely N-dealkylation sites (tertiary alicyclic amines) is 1. The third kappa shape index (κ3) is 4.13. The molecule has 2 heterocycles. The monoisotopic (exact) mass is 302 g/mol. The van der Waals surface area contributed by atoms with E-state index in [0.29, 0.717) is 11.9 Å². The van der Waals surface area contributed by atoms with Crippen LogP contribution in [-0.2, 0) is 0 Å². The molecular formula is C18H30N4. The molecule has 0 radical (unpaired) electrons. The van der Waals surface area contributed by atoms with Crippen molar-refractivity contribution in [3.8, 4) is 0 Å². The summed E-state index contributed by atoms with van der Waals surface area (Å²) in [6.45, 7) is 2.45. The number of nitrogens with two attached hydrogens (primary N) is 1. The number of nitrogens with one attached hydrogen (secondary N) is 1. The molecule has 1 aromatic heterocycles. The second kappa shape index (κ2) is 7.82. The Labute approximate surface area is 134 Å². The third-order valence-electron chi connectivity index (χ3n) is 5.32. The van der Waals surface area contributed by atoms with Crippen LogP contribution in [0.4, 0.5) is 11.5 Å². The number of rotatable bonds is 3. The predicted molar refractivity (Wildman–Crippen MR) is 93.0 cm³/mol. The van der Waals surface area contributed by atoms with Crippen molar-refractivity contribution < 1.29 is 0 Å². The van der Waals surface area contributed by atoms with Crippen molar-refractivity contribution in [2.24, 2.45) is 0 Å². The number of piperidine rings is 1. The minimum absolute atomic E-state index is 0.538. The van der Waals surface area contributed by atoms with E-state index in [1.807, 2.05) is 12.1 Å². The fraction of sp³-hybridized carbons (Fsp3) is 0.722. The van der Waals surface area contributed by atoms with E-state index in [1.165, 1.54) is 70.9 Å². The molecule has 2 fully saturated rings. The number of aromatic nitrogens is 1. The van der Waals surface area contributed by atoms with Crippen LogP contribution in [0.15, 0.2) is 18.3 Å². The maximum Gasteiger partial charge on any atom is 0.146 e. The number of hydrogen-bond donors (Lipinski definition) is 2. The van der Waals surface area contributed by atoms with Crippen molar-refractivity contribution in [2.45, 2.75) is 69.9 Å². The summed E-state index contributed by atoms with van der Waals surface area (Å²) in [7, 11) is 0. The summed E-state index contributed by atoms with van der Waals surface area (Å²) < 4.78 is 0. The quantitative estimate of drug-likeness (QED) is 0.895. The van der Waals surface area contributed by atoms with Crippen molar-refractivity contribution in [1.29, 1.82) is 0 Å². The van der Waals surface area contributed by atoms with Gasteiger partial charge in [0.25, 0.3) is 0 Å². The van der Waals surface area contributed by atoms with Gasteiger partial charge in [-0.3, -0.25) is 0 Å². The second-order valence-corrected chi connectivity index (χ2v) is 6.89. The maximum absolute atomic E-state index is 5.93. The molecule has 1 aliphatic carbocycles. The Morgan fingerprint density at radius 3 is 2.36 bits per heavy atom. The third-order valence-corrected chi connectivity index (χ3v) is 5.32. The highest BCUT2D eigenvalue weighted by molar-refractivity contribution is 5.61. The van der Waals surface area contributed by atoms with Gasteiger partial charge < -0.3 is 16.0 Å². The number of nitrogen functional groups attached to an aromatic ring is 1.